The SMILES string of the molecule is O=C(N[C@@H]1C[C@H]2CC[C@@H]1N2)c1ccc(Oc2ccccc2)s1. The summed E-state index contributed by atoms with van der Waals surface area (Å²) in [7, 11) is 0. The molecule has 2 N–H and O–H groups in total. The lowest BCUT2D eigenvalue weighted by molar-refractivity contribution is 0.0935. The smallest absolute Gasteiger partial charge is 0.261 e. The second-order valence-corrected chi connectivity index (χ2v) is 6.94. The number of carbonyl (C=O) groups is 1. The van der Waals surface area contributed by atoms with Crippen molar-refractivity contribution >= 4 is 17.2 Å². The molecule has 2 aliphatic rings. The molecule has 3 atom stereocenters. The van der Waals surface area contributed by atoms with E-state index < -0.39 is 0 Å². The summed E-state index contributed by atoms with van der Waals surface area (Å²) in [6.07, 6.45) is 3.46. The quantitative estimate of drug-likeness (QED) is 0.911. The molecule has 5 heteroatoms. The number of amides is 1. The van der Waals surface area contributed by atoms with Gasteiger partial charge in [-0.3, -0.25) is 4.79 Å². The summed E-state index contributed by atoms with van der Waals surface area (Å²) in [5.74, 6) is 0.792. The zero-order chi connectivity index (χ0) is 14.9. The summed E-state index contributed by atoms with van der Waals surface area (Å²) >= 11 is 1.38. The van der Waals surface area contributed by atoms with Gasteiger partial charge in [0.2, 0.25) is 0 Å². The van der Waals surface area contributed by atoms with Crippen LogP contribution in [0.1, 0.15) is 28.9 Å². The number of carbonyl (C=O) groups excluding carboxylic acids is 1. The van der Waals surface area contributed by atoms with Crippen molar-refractivity contribution in [3.8, 4) is 10.8 Å². The van der Waals surface area contributed by atoms with Crippen molar-refractivity contribution in [1.82, 2.24) is 10.6 Å². The fourth-order valence-corrected chi connectivity index (χ4v) is 4.10. The molecule has 2 aliphatic heterocycles. The van der Waals surface area contributed by atoms with Crippen LogP contribution in [0.25, 0.3) is 0 Å². The van der Waals surface area contributed by atoms with Crippen LogP contribution in [0.5, 0.6) is 10.8 Å². The van der Waals surface area contributed by atoms with E-state index in [9.17, 15) is 4.79 Å². The average molecular weight is 314 g/mol. The van der Waals surface area contributed by atoms with Gasteiger partial charge in [-0.15, -0.1) is 0 Å². The molecule has 114 valence electrons. The Morgan fingerprint density at radius 1 is 1.18 bits per heavy atom. The van der Waals surface area contributed by atoms with E-state index in [1.54, 1.807) is 0 Å². The van der Waals surface area contributed by atoms with Gasteiger partial charge in [0.25, 0.3) is 5.91 Å². The first kappa shape index (κ1) is 13.8. The number of hydrogen-bond acceptors (Lipinski definition) is 4. The minimum atomic E-state index is 0.00672. The van der Waals surface area contributed by atoms with Gasteiger partial charge in [0.1, 0.15) is 5.75 Å². The zero-order valence-electron chi connectivity index (χ0n) is 12.1. The zero-order valence-corrected chi connectivity index (χ0v) is 12.9. The summed E-state index contributed by atoms with van der Waals surface area (Å²) in [6.45, 7) is 0. The number of fused-ring (bicyclic) bond motifs is 2. The number of thiophene rings is 1. The molecule has 2 aromatic rings. The maximum absolute atomic E-state index is 12.4. The van der Waals surface area contributed by atoms with Crippen LogP contribution in [0.15, 0.2) is 42.5 Å². The second-order valence-electron chi connectivity index (χ2n) is 5.90. The Morgan fingerprint density at radius 3 is 2.77 bits per heavy atom. The summed E-state index contributed by atoms with van der Waals surface area (Å²) in [5, 5.41) is 7.43. The van der Waals surface area contributed by atoms with Gasteiger partial charge in [-0.05, 0) is 43.5 Å². The van der Waals surface area contributed by atoms with Crippen molar-refractivity contribution in [3.63, 3.8) is 0 Å². The monoisotopic (exact) mass is 314 g/mol. The van der Waals surface area contributed by atoms with E-state index in [-0.39, 0.29) is 11.9 Å². The predicted octanol–water partition coefficient (Wildman–Crippen LogP) is 3.16. The van der Waals surface area contributed by atoms with Crippen LogP contribution in [0.4, 0.5) is 0 Å². The maximum atomic E-state index is 12.4. The molecule has 0 unspecified atom stereocenters. The molecule has 0 spiro atoms. The Bertz CT molecular complexity index is 670. The average Bonchev–Trinajstić information content (AvgIpc) is 3.24. The van der Waals surface area contributed by atoms with E-state index in [2.05, 4.69) is 10.6 Å². The third kappa shape index (κ3) is 2.74. The van der Waals surface area contributed by atoms with Crippen LogP contribution < -0.4 is 15.4 Å². The highest BCUT2D eigenvalue weighted by Crippen LogP contribution is 2.31. The molecule has 1 aromatic carbocycles. The van der Waals surface area contributed by atoms with Gasteiger partial charge in [-0.1, -0.05) is 29.5 Å². The Kier molecular flexibility index (Phi) is 3.60. The van der Waals surface area contributed by atoms with Gasteiger partial charge in [-0.25, -0.2) is 0 Å². The first-order valence-electron chi connectivity index (χ1n) is 7.67. The Morgan fingerprint density at radius 2 is 2.05 bits per heavy atom. The molecule has 2 fully saturated rings. The van der Waals surface area contributed by atoms with Crippen molar-refractivity contribution in [3.05, 3.63) is 47.3 Å². The predicted molar refractivity (Wildman–Crippen MR) is 86.7 cm³/mol. The first-order valence-corrected chi connectivity index (χ1v) is 8.49. The van der Waals surface area contributed by atoms with E-state index >= 15 is 0 Å². The van der Waals surface area contributed by atoms with Crippen molar-refractivity contribution in [2.24, 2.45) is 0 Å². The minimum absolute atomic E-state index is 0.00672. The van der Waals surface area contributed by atoms with Crippen LogP contribution in [-0.4, -0.2) is 24.0 Å². The third-order valence-electron chi connectivity index (χ3n) is 4.38. The second kappa shape index (κ2) is 5.74. The highest BCUT2D eigenvalue weighted by molar-refractivity contribution is 7.15. The molecule has 1 amide bonds. The largest absolute Gasteiger partial charge is 0.447 e. The van der Waals surface area contributed by atoms with Gasteiger partial charge in [0, 0.05) is 18.1 Å². The normalized spacial score (nSPS) is 26.1. The van der Waals surface area contributed by atoms with Crippen LogP contribution in [0, 0.1) is 0 Å². The van der Waals surface area contributed by atoms with Crippen molar-refractivity contribution < 1.29 is 9.53 Å². The topological polar surface area (TPSA) is 50.4 Å². The summed E-state index contributed by atoms with van der Waals surface area (Å²) in [4.78, 5) is 13.1. The molecule has 0 radical (unpaired) electrons. The molecule has 1 aromatic heterocycles. The first-order chi connectivity index (χ1) is 10.8. The molecule has 0 saturated carbocycles. The molecular weight excluding hydrogens is 296 g/mol. The molecule has 3 heterocycles. The van der Waals surface area contributed by atoms with E-state index in [4.69, 9.17) is 4.74 Å². The van der Waals surface area contributed by atoms with Gasteiger partial charge in [0.15, 0.2) is 5.06 Å². The number of ether oxygens (including phenoxy) is 1. The van der Waals surface area contributed by atoms with E-state index in [0.29, 0.717) is 17.0 Å². The maximum Gasteiger partial charge on any atom is 0.261 e. The van der Waals surface area contributed by atoms with Crippen LogP contribution in [-0.2, 0) is 0 Å². The minimum Gasteiger partial charge on any atom is -0.447 e. The summed E-state index contributed by atoms with van der Waals surface area (Å²) in [5.41, 5.74) is 0. The van der Waals surface area contributed by atoms with Crippen LogP contribution in [0.2, 0.25) is 0 Å². The number of para-hydroxylation sites is 1. The standard InChI is InChI=1S/C17H18N2O2S/c20-17(19-14-10-11-6-7-13(14)18-11)15-8-9-16(22-15)21-12-4-2-1-3-5-12/h1-5,8-9,11,13-14,18H,6-7,10H2,(H,19,20)/t11-,13+,14-/m1/s1. The van der Waals surface area contributed by atoms with Gasteiger partial charge < -0.3 is 15.4 Å². The van der Waals surface area contributed by atoms with Gasteiger partial charge in [-0.2, -0.15) is 0 Å². The summed E-state index contributed by atoms with van der Waals surface area (Å²) < 4.78 is 5.75. The highest BCUT2D eigenvalue weighted by Gasteiger charge is 2.39. The molecule has 4 nitrogen and oxygen atoms in total. The number of rotatable bonds is 4. The van der Waals surface area contributed by atoms with Crippen molar-refractivity contribution in [1.29, 1.82) is 0 Å². The highest BCUT2D eigenvalue weighted by atomic mass is 32.1. The Hall–Kier alpha value is -1.85. The Labute approximate surface area is 133 Å². The van der Waals surface area contributed by atoms with Gasteiger partial charge >= 0.3 is 0 Å². The number of hydrogen-bond donors (Lipinski definition) is 2. The molecule has 0 aliphatic carbocycles. The molecule has 2 saturated heterocycles. The van der Waals surface area contributed by atoms with Crippen LogP contribution in [0.3, 0.4) is 0 Å². The number of nitrogens with one attached hydrogen (secondary N) is 2. The lowest BCUT2D eigenvalue weighted by atomic mass is 9.95. The molecular formula is C17H18N2O2S. The lowest BCUT2D eigenvalue weighted by Crippen LogP contribution is -2.42. The number of benzene rings is 1. The van der Waals surface area contributed by atoms with E-state index in [1.165, 1.54) is 24.2 Å². The van der Waals surface area contributed by atoms with Crippen molar-refractivity contribution in [2.45, 2.75) is 37.4 Å². The van der Waals surface area contributed by atoms with E-state index in [1.807, 2.05) is 42.5 Å². The fourth-order valence-electron chi connectivity index (χ4n) is 3.32. The van der Waals surface area contributed by atoms with E-state index in [0.717, 1.165) is 17.2 Å². The third-order valence-corrected chi connectivity index (χ3v) is 5.35. The molecule has 4 rings (SSSR count). The molecule has 2 bridgehead atoms. The van der Waals surface area contributed by atoms with Crippen LogP contribution >= 0.6 is 11.3 Å². The fraction of sp³-hybridized carbons (Fsp3) is 0.353. The molecule has 22 heavy (non-hydrogen) atoms. The van der Waals surface area contributed by atoms with Gasteiger partial charge in [0.05, 0.1) is 4.88 Å². The lowest BCUT2D eigenvalue weighted by Gasteiger charge is -2.20. The van der Waals surface area contributed by atoms with Crippen molar-refractivity contribution in [2.75, 3.05) is 0 Å². The Balaban J connectivity index is 1.39. The summed E-state index contributed by atoms with van der Waals surface area (Å²) in [6, 6.07) is 14.6.